The number of carbonyl (C=O) groups is 2. The molecule has 1 rings (SSSR count). The summed E-state index contributed by atoms with van der Waals surface area (Å²) >= 11 is 0. The number of rotatable bonds is 3. The van der Waals surface area contributed by atoms with Gasteiger partial charge in [0.05, 0.1) is 6.10 Å². The summed E-state index contributed by atoms with van der Waals surface area (Å²) in [5.74, 6) is -1.22. The fourth-order valence-corrected chi connectivity index (χ4v) is 2.25. The summed E-state index contributed by atoms with van der Waals surface area (Å²) in [6, 6.07) is -0.956. The number of aliphatic hydroxyl groups is 1. The first-order chi connectivity index (χ1) is 8.69. The SMILES string of the molecule is CC(C)(C)OC(=O)N[C@H](C(=O)O)C1CCC(O)CC1. The lowest BCUT2D eigenvalue weighted by Crippen LogP contribution is -2.48. The topological polar surface area (TPSA) is 95.9 Å². The van der Waals surface area contributed by atoms with E-state index in [4.69, 9.17) is 4.74 Å². The minimum atomic E-state index is -1.06. The Bertz CT molecular complexity index is 328. The Labute approximate surface area is 113 Å². The second kappa shape index (κ2) is 6.23. The third-order valence-corrected chi connectivity index (χ3v) is 3.15. The maximum atomic E-state index is 11.6. The largest absolute Gasteiger partial charge is 0.480 e. The van der Waals surface area contributed by atoms with Crippen LogP contribution in [0.5, 0.6) is 0 Å². The molecule has 1 aliphatic rings. The lowest BCUT2D eigenvalue weighted by atomic mass is 9.82. The molecule has 0 aromatic rings. The van der Waals surface area contributed by atoms with Gasteiger partial charge in [-0.1, -0.05) is 0 Å². The van der Waals surface area contributed by atoms with Crippen LogP contribution < -0.4 is 5.32 Å². The highest BCUT2D eigenvalue weighted by Gasteiger charge is 2.33. The van der Waals surface area contributed by atoms with Crippen LogP contribution in [0.3, 0.4) is 0 Å². The normalized spacial score (nSPS) is 25.5. The number of hydrogen-bond donors (Lipinski definition) is 3. The smallest absolute Gasteiger partial charge is 0.408 e. The Morgan fingerprint density at radius 2 is 1.74 bits per heavy atom. The Balaban J connectivity index is 2.58. The summed E-state index contributed by atoms with van der Waals surface area (Å²) in [7, 11) is 0. The molecule has 0 heterocycles. The van der Waals surface area contributed by atoms with E-state index in [2.05, 4.69) is 5.32 Å². The molecule has 6 nitrogen and oxygen atoms in total. The first-order valence-corrected chi connectivity index (χ1v) is 6.59. The summed E-state index contributed by atoms with van der Waals surface area (Å²) in [5, 5.41) is 21.0. The summed E-state index contributed by atoms with van der Waals surface area (Å²) in [6.45, 7) is 5.16. The lowest BCUT2D eigenvalue weighted by Gasteiger charge is -2.30. The van der Waals surface area contributed by atoms with Gasteiger partial charge in [-0.3, -0.25) is 0 Å². The lowest BCUT2D eigenvalue weighted by molar-refractivity contribution is -0.141. The zero-order valence-corrected chi connectivity index (χ0v) is 11.7. The van der Waals surface area contributed by atoms with Crippen molar-refractivity contribution in [3.05, 3.63) is 0 Å². The van der Waals surface area contributed by atoms with E-state index >= 15 is 0 Å². The van der Waals surface area contributed by atoms with Gasteiger partial charge in [0.15, 0.2) is 0 Å². The van der Waals surface area contributed by atoms with Gasteiger partial charge < -0.3 is 20.3 Å². The summed E-state index contributed by atoms with van der Waals surface area (Å²) in [5.41, 5.74) is -0.657. The average Bonchev–Trinajstić information content (AvgIpc) is 2.24. The Morgan fingerprint density at radius 1 is 1.21 bits per heavy atom. The van der Waals surface area contributed by atoms with Crippen LogP contribution in [0.25, 0.3) is 0 Å². The molecule has 1 fully saturated rings. The maximum Gasteiger partial charge on any atom is 0.408 e. The van der Waals surface area contributed by atoms with Crippen LogP contribution in [0.2, 0.25) is 0 Å². The summed E-state index contributed by atoms with van der Waals surface area (Å²) in [6.07, 6.45) is 1.26. The predicted octanol–water partition coefficient (Wildman–Crippen LogP) is 1.52. The van der Waals surface area contributed by atoms with Crippen LogP contribution in [0.1, 0.15) is 46.5 Å². The van der Waals surface area contributed by atoms with Gasteiger partial charge in [-0.25, -0.2) is 9.59 Å². The zero-order chi connectivity index (χ0) is 14.6. The van der Waals surface area contributed by atoms with E-state index in [1.54, 1.807) is 20.8 Å². The van der Waals surface area contributed by atoms with Crippen molar-refractivity contribution < 1.29 is 24.5 Å². The van der Waals surface area contributed by atoms with E-state index in [0.717, 1.165) is 0 Å². The molecule has 0 radical (unpaired) electrons. The van der Waals surface area contributed by atoms with Crippen LogP contribution in [0, 0.1) is 5.92 Å². The van der Waals surface area contributed by atoms with Crippen molar-refractivity contribution in [3.8, 4) is 0 Å². The van der Waals surface area contributed by atoms with Gasteiger partial charge in [-0.2, -0.15) is 0 Å². The van der Waals surface area contributed by atoms with Gasteiger partial charge in [0.1, 0.15) is 11.6 Å². The number of aliphatic hydroxyl groups excluding tert-OH is 1. The van der Waals surface area contributed by atoms with Crippen molar-refractivity contribution in [2.24, 2.45) is 5.92 Å². The number of ether oxygens (including phenoxy) is 1. The van der Waals surface area contributed by atoms with Crippen molar-refractivity contribution >= 4 is 12.1 Å². The van der Waals surface area contributed by atoms with Crippen LogP contribution >= 0.6 is 0 Å². The van der Waals surface area contributed by atoms with E-state index in [1.165, 1.54) is 0 Å². The molecule has 0 bridgehead atoms. The van der Waals surface area contributed by atoms with Gasteiger partial charge in [0, 0.05) is 0 Å². The quantitative estimate of drug-likeness (QED) is 0.724. The maximum absolute atomic E-state index is 11.6. The molecule has 1 aliphatic carbocycles. The molecule has 0 aromatic heterocycles. The minimum absolute atomic E-state index is 0.159. The zero-order valence-electron chi connectivity index (χ0n) is 11.7. The molecule has 3 N–H and O–H groups in total. The Kier molecular flexibility index (Phi) is 5.17. The number of hydrogen-bond acceptors (Lipinski definition) is 4. The van der Waals surface area contributed by atoms with E-state index in [9.17, 15) is 19.8 Å². The molecule has 0 aliphatic heterocycles. The number of carbonyl (C=O) groups excluding carboxylic acids is 1. The first-order valence-electron chi connectivity index (χ1n) is 6.59. The second-order valence-electron chi connectivity index (χ2n) is 6.03. The highest BCUT2D eigenvalue weighted by molar-refractivity contribution is 5.80. The molecule has 19 heavy (non-hydrogen) atoms. The van der Waals surface area contributed by atoms with Crippen molar-refractivity contribution in [1.29, 1.82) is 0 Å². The molecule has 0 aromatic carbocycles. The fraction of sp³-hybridized carbons (Fsp3) is 0.846. The summed E-state index contributed by atoms with van der Waals surface area (Å²) < 4.78 is 5.07. The van der Waals surface area contributed by atoms with E-state index < -0.39 is 23.7 Å². The van der Waals surface area contributed by atoms with Crippen LogP contribution in [0.15, 0.2) is 0 Å². The molecule has 0 saturated heterocycles. The number of alkyl carbamates (subject to hydrolysis) is 1. The van der Waals surface area contributed by atoms with Crippen LogP contribution in [-0.2, 0) is 9.53 Å². The third-order valence-electron chi connectivity index (χ3n) is 3.15. The molecule has 6 heteroatoms. The standard InChI is InChI=1S/C13H23NO5/c1-13(2,3)19-12(18)14-10(11(16)17)8-4-6-9(15)7-5-8/h8-10,15H,4-7H2,1-3H3,(H,14,18)(H,16,17)/t8?,9?,10-/m0/s1. The van der Waals surface area contributed by atoms with Gasteiger partial charge in [-0.15, -0.1) is 0 Å². The molecule has 1 amide bonds. The monoisotopic (exact) mass is 273 g/mol. The highest BCUT2D eigenvalue weighted by atomic mass is 16.6. The third kappa shape index (κ3) is 5.46. The number of nitrogens with one attached hydrogen (secondary N) is 1. The molecule has 110 valence electrons. The Morgan fingerprint density at radius 3 is 2.16 bits per heavy atom. The predicted molar refractivity (Wildman–Crippen MR) is 68.8 cm³/mol. The van der Waals surface area contributed by atoms with Crippen molar-refractivity contribution in [1.82, 2.24) is 5.32 Å². The Hall–Kier alpha value is -1.30. The highest BCUT2D eigenvalue weighted by Crippen LogP contribution is 2.27. The van der Waals surface area contributed by atoms with E-state index in [1.807, 2.05) is 0 Å². The molecule has 0 spiro atoms. The fourth-order valence-electron chi connectivity index (χ4n) is 2.25. The van der Waals surface area contributed by atoms with Crippen LogP contribution in [-0.4, -0.2) is 40.0 Å². The first kappa shape index (κ1) is 15.8. The van der Waals surface area contributed by atoms with Gasteiger partial charge in [0.25, 0.3) is 0 Å². The average molecular weight is 273 g/mol. The van der Waals surface area contributed by atoms with E-state index in [-0.39, 0.29) is 12.0 Å². The molecular weight excluding hydrogens is 250 g/mol. The second-order valence-corrected chi connectivity index (χ2v) is 6.03. The van der Waals surface area contributed by atoms with Gasteiger partial charge in [-0.05, 0) is 52.4 Å². The van der Waals surface area contributed by atoms with Crippen LogP contribution in [0.4, 0.5) is 4.79 Å². The number of amides is 1. The number of carboxylic acid groups (broad SMARTS) is 1. The van der Waals surface area contributed by atoms with E-state index in [0.29, 0.717) is 25.7 Å². The van der Waals surface area contributed by atoms with Crippen molar-refractivity contribution in [2.45, 2.75) is 64.2 Å². The van der Waals surface area contributed by atoms with Gasteiger partial charge >= 0.3 is 12.1 Å². The molecule has 0 unspecified atom stereocenters. The number of carboxylic acids is 1. The summed E-state index contributed by atoms with van der Waals surface area (Å²) in [4.78, 5) is 22.9. The minimum Gasteiger partial charge on any atom is -0.480 e. The molecular formula is C13H23NO5. The van der Waals surface area contributed by atoms with Crippen molar-refractivity contribution in [3.63, 3.8) is 0 Å². The molecule has 1 saturated carbocycles. The van der Waals surface area contributed by atoms with Crippen molar-refractivity contribution in [2.75, 3.05) is 0 Å². The van der Waals surface area contributed by atoms with Gasteiger partial charge in [0.2, 0.25) is 0 Å². The number of aliphatic carboxylic acids is 1. The molecule has 1 atom stereocenters.